The number of rotatable bonds is 6. The monoisotopic (exact) mass is 445 g/mol. The van der Waals surface area contributed by atoms with E-state index in [2.05, 4.69) is 20.3 Å². The average molecular weight is 445 g/mol. The second kappa shape index (κ2) is 9.34. The second-order valence-corrected chi connectivity index (χ2v) is 8.37. The first-order valence-electron chi connectivity index (χ1n) is 9.97. The van der Waals surface area contributed by atoms with Crippen molar-refractivity contribution in [2.45, 2.75) is 32.1 Å². The highest BCUT2D eigenvalue weighted by Crippen LogP contribution is 2.34. The molecule has 2 aromatic heterocycles. The molecule has 3 aromatic rings. The predicted octanol–water partition coefficient (Wildman–Crippen LogP) is 4.67. The van der Waals surface area contributed by atoms with Crippen LogP contribution in [-0.4, -0.2) is 27.5 Å². The van der Waals surface area contributed by atoms with Gasteiger partial charge in [-0.3, -0.25) is 4.79 Å². The number of nitrogens with zero attached hydrogens (tertiary/aromatic N) is 3. The summed E-state index contributed by atoms with van der Waals surface area (Å²) >= 11 is 0.831. The molecule has 4 rings (SSSR count). The third kappa shape index (κ3) is 4.79. The first-order valence-corrected chi connectivity index (χ1v) is 10.8. The van der Waals surface area contributed by atoms with Crippen LogP contribution in [0.1, 0.15) is 42.6 Å². The van der Waals surface area contributed by atoms with Crippen LogP contribution in [0.25, 0.3) is 10.6 Å². The fourth-order valence-electron chi connectivity index (χ4n) is 3.55. The summed E-state index contributed by atoms with van der Waals surface area (Å²) in [5.74, 6) is -1.50. The lowest BCUT2D eigenvalue weighted by Crippen LogP contribution is -2.18. The largest absolute Gasteiger partial charge is 0.476 e. The van der Waals surface area contributed by atoms with Crippen molar-refractivity contribution in [3.63, 3.8) is 0 Å². The number of amides is 1. The molecule has 7 nitrogen and oxygen atoms in total. The number of nitrogen functional groups attached to an aromatic ring is 1. The van der Waals surface area contributed by atoms with Crippen molar-refractivity contribution in [3.8, 4) is 16.5 Å². The van der Waals surface area contributed by atoms with Gasteiger partial charge in [0.1, 0.15) is 33.7 Å². The van der Waals surface area contributed by atoms with E-state index in [4.69, 9.17) is 10.5 Å². The van der Waals surface area contributed by atoms with Crippen LogP contribution in [-0.2, 0) is 0 Å². The quantitative estimate of drug-likeness (QED) is 0.571. The van der Waals surface area contributed by atoms with Gasteiger partial charge in [-0.25, -0.2) is 18.7 Å². The summed E-state index contributed by atoms with van der Waals surface area (Å²) in [5.41, 5.74) is 5.73. The fourth-order valence-corrected chi connectivity index (χ4v) is 4.43. The van der Waals surface area contributed by atoms with Gasteiger partial charge in [0.05, 0.1) is 18.4 Å². The highest BCUT2D eigenvalue weighted by molar-refractivity contribution is 7.19. The molecule has 31 heavy (non-hydrogen) atoms. The molecule has 0 unspecified atom stereocenters. The SMILES string of the molecule is Nc1sc(-c2c(F)cccc2F)nc1C(=O)Nc1cncnc1OCC1CCCCC1. The van der Waals surface area contributed by atoms with Gasteiger partial charge in [0.15, 0.2) is 5.69 Å². The van der Waals surface area contributed by atoms with Crippen LogP contribution >= 0.6 is 11.3 Å². The van der Waals surface area contributed by atoms with Crippen molar-refractivity contribution < 1.29 is 18.3 Å². The Balaban J connectivity index is 1.51. The molecule has 2 heterocycles. The van der Waals surface area contributed by atoms with Crippen molar-refractivity contribution in [2.24, 2.45) is 5.92 Å². The fraction of sp³-hybridized carbons (Fsp3) is 0.333. The van der Waals surface area contributed by atoms with E-state index in [1.54, 1.807) is 0 Å². The lowest BCUT2D eigenvalue weighted by atomic mass is 9.90. The number of ether oxygens (including phenoxy) is 1. The van der Waals surface area contributed by atoms with Crippen LogP contribution in [0.4, 0.5) is 19.5 Å². The summed E-state index contributed by atoms with van der Waals surface area (Å²) in [4.78, 5) is 24.9. The highest BCUT2D eigenvalue weighted by atomic mass is 32.1. The Bertz CT molecular complexity index is 1070. The van der Waals surface area contributed by atoms with Gasteiger partial charge in [-0.2, -0.15) is 4.98 Å². The van der Waals surface area contributed by atoms with Crippen LogP contribution in [0.5, 0.6) is 5.88 Å². The molecule has 1 aliphatic carbocycles. The maximum absolute atomic E-state index is 14.1. The molecule has 1 aliphatic rings. The van der Waals surface area contributed by atoms with E-state index in [-0.39, 0.29) is 32.8 Å². The minimum Gasteiger partial charge on any atom is -0.476 e. The smallest absolute Gasteiger partial charge is 0.277 e. The summed E-state index contributed by atoms with van der Waals surface area (Å²) in [6, 6.07) is 3.49. The van der Waals surface area contributed by atoms with E-state index in [0.29, 0.717) is 12.5 Å². The molecule has 1 aromatic carbocycles. The molecule has 0 spiro atoms. The Morgan fingerprint density at radius 3 is 2.71 bits per heavy atom. The molecule has 1 saturated carbocycles. The van der Waals surface area contributed by atoms with E-state index >= 15 is 0 Å². The molecule has 0 atom stereocenters. The lowest BCUT2D eigenvalue weighted by Gasteiger charge is -2.21. The molecular weight excluding hydrogens is 424 g/mol. The van der Waals surface area contributed by atoms with Crippen molar-refractivity contribution in [3.05, 3.63) is 48.1 Å². The van der Waals surface area contributed by atoms with Crippen molar-refractivity contribution in [2.75, 3.05) is 17.7 Å². The summed E-state index contributed by atoms with van der Waals surface area (Å²) in [7, 11) is 0. The van der Waals surface area contributed by atoms with E-state index in [0.717, 1.165) is 36.3 Å². The standard InChI is InChI=1S/C21H21F2N5O2S/c22-13-7-4-8-14(23)16(13)21-28-17(18(24)31-21)19(29)27-15-9-25-11-26-20(15)30-10-12-5-2-1-3-6-12/h4,7-9,11-12H,1-3,5-6,10,24H2,(H,27,29). The van der Waals surface area contributed by atoms with Crippen LogP contribution in [0, 0.1) is 17.6 Å². The Hall–Kier alpha value is -3.14. The Morgan fingerprint density at radius 2 is 1.97 bits per heavy atom. The van der Waals surface area contributed by atoms with Crippen molar-refractivity contribution in [1.29, 1.82) is 0 Å². The van der Waals surface area contributed by atoms with E-state index in [1.807, 2.05) is 0 Å². The topological polar surface area (TPSA) is 103 Å². The number of benzene rings is 1. The number of carbonyl (C=O) groups is 1. The maximum atomic E-state index is 14.1. The summed E-state index contributed by atoms with van der Waals surface area (Å²) in [6.07, 6.45) is 8.60. The maximum Gasteiger partial charge on any atom is 0.277 e. The number of thiazole rings is 1. The van der Waals surface area contributed by atoms with Gasteiger partial charge in [0.2, 0.25) is 5.88 Å². The Morgan fingerprint density at radius 1 is 1.23 bits per heavy atom. The lowest BCUT2D eigenvalue weighted by molar-refractivity contribution is 0.102. The zero-order valence-electron chi connectivity index (χ0n) is 16.6. The van der Waals surface area contributed by atoms with Gasteiger partial charge in [0.25, 0.3) is 5.91 Å². The van der Waals surface area contributed by atoms with Gasteiger partial charge in [-0.05, 0) is 30.9 Å². The van der Waals surface area contributed by atoms with Crippen LogP contribution in [0.2, 0.25) is 0 Å². The molecule has 162 valence electrons. The van der Waals surface area contributed by atoms with Gasteiger partial charge in [0, 0.05) is 0 Å². The predicted molar refractivity (Wildman–Crippen MR) is 114 cm³/mol. The van der Waals surface area contributed by atoms with Crippen LogP contribution in [0.15, 0.2) is 30.7 Å². The van der Waals surface area contributed by atoms with Crippen LogP contribution < -0.4 is 15.8 Å². The van der Waals surface area contributed by atoms with Gasteiger partial charge >= 0.3 is 0 Å². The third-order valence-corrected chi connectivity index (χ3v) is 6.05. The molecule has 10 heteroatoms. The first kappa shape index (κ1) is 21.1. The molecule has 0 bridgehead atoms. The molecule has 0 aliphatic heterocycles. The number of nitrogens with two attached hydrogens (primary N) is 1. The van der Waals surface area contributed by atoms with E-state index in [1.165, 1.54) is 37.9 Å². The Kier molecular flexibility index (Phi) is 6.36. The Labute approximate surface area is 181 Å². The van der Waals surface area contributed by atoms with Gasteiger partial charge in [-0.1, -0.05) is 36.7 Å². The number of hydrogen-bond donors (Lipinski definition) is 2. The summed E-state index contributed by atoms with van der Waals surface area (Å²) < 4.78 is 34.0. The average Bonchev–Trinajstić information content (AvgIpc) is 3.15. The second-order valence-electron chi connectivity index (χ2n) is 7.34. The molecule has 1 amide bonds. The first-order chi connectivity index (χ1) is 15.0. The van der Waals surface area contributed by atoms with Crippen LogP contribution in [0.3, 0.4) is 0 Å². The number of carbonyl (C=O) groups excluding carboxylic acids is 1. The van der Waals surface area contributed by atoms with Gasteiger partial charge < -0.3 is 15.8 Å². The molecule has 0 saturated heterocycles. The summed E-state index contributed by atoms with van der Waals surface area (Å²) in [6.45, 7) is 0.509. The number of aromatic nitrogens is 3. The minimum absolute atomic E-state index is 0.0173. The highest BCUT2D eigenvalue weighted by Gasteiger charge is 2.23. The van der Waals surface area contributed by atoms with Crippen molar-refractivity contribution in [1.82, 2.24) is 15.0 Å². The minimum atomic E-state index is -0.782. The zero-order chi connectivity index (χ0) is 21.8. The molecule has 0 radical (unpaired) electrons. The molecule has 3 N–H and O–H groups in total. The number of anilines is 2. The zero-order valence-corrected chi connectivity index (χ0v) is 17.4. The third-order valence-electron chi connectivity index (χ3n) is 5.15. The van der Waals surface area contributed by atoms with E-state index < -0.39 is 17.5 Å². The van der Waals surface area contributed by atoms with E-state index in [9.17, 15) is 13.6 Å². The molecular formula is C21H21F2N5O2S. The van der Waals surface area contributed by atoms with Crippen molar-refractivity contribution >= 4 is 27.9 Å². The molecule has 1 fully saturated rings. The summed E-state index contributed by atoms with van der Waals surface area (Å²) in [5, 5.41) is 2.66. The number of nitrogens with one attached hydrogen (secondary N) is 1. The van der Waals surface area contributed by atoms with Gasteiger partial charge in [-0.15, -0.1) is 0 Å². The number of halogens is 2. The number of hydrogen-bond acceptors (Lipinski definition) is 7. The normalized spacial score (nSPS) is 14.4.